The zero-order valence-corrected chi connectivity index (χ0v) is 19.4. The summed E-state index contributed by atoms with van der Waals surface area (Å²) in [6.07, 6.45) is 14.5. The lowest BCUT2D eigenvalue weighted by molar-refractivity contribution is 0.0697. The van der Waals surface area contributed by atoms with E-state index in [1.807, 2.05) is 18.2 Å². The molecule has 0 saturated heterocycles. The highest BCUT2D eigenvalue weighted by atomic mass is 16.4. The Morgan fingerprint density at radius 1 is 1.00 bits per heavy atom. The second kappa shape index (κ2) is 9.09. The largest absolute Gasteiger partial charge is 0.478 e. The molecule has 0 fully saturated rings. The third kappa shape index (κ3) is 5.25. The van der Waals surface area contributed by atoms with E-state index in [0.29, 0.717) is 5.56 Å². The molecule has 1 aliphatic rings. The molecule has 2 aromatic rings. The molecule has 0 spiro atoms. The van der Waals surface area contributed by atoms with E-state index in [0.717, 1.165) is 30.4 Å². The molecule has 1 aliphatic carbocycles. The predicted molar refractivity (Wildman–Crippen MR) is 132 cm³/mol. The molecular formula is C29H34O2. The number of carboxylic acids is 1. The van der Waals surface area contributed by atoms with Crippen LogP contribution in [0.5, 0.6) is 0 Å². The van der Waals surface area contributed by atoms with Crippen molar-refractivity contribution in [2.24, 2.45) is 5.41 Å². The highest BCUT2D eigenvalue weighted by Gasteiger charge is 2.27. The van der Waals surface area contributed by atoms with Gasteiger partial charge < -0.3 is 5.11 Å². The van der Waals surface area contributed by atoms with Crippen molar-refractivity contribution >= 4 is 23.7 Å². The third-order valence-electron chi connectivity index (χ3n) is 6.82. The van der Waals surface area contributed by atoms with E-state index in [1.165, 1.54) is 16.7 Å². The van der Waals surface area contributed by atoms with Gasteiger partial charge in [0.2, 0.25) is 0 Å². The molecule has 0 unspecified atom stereocenters. The van der Waals surface area contributed by atoms with Crippen molar-refractivity contribution in [2.75, 3.05) is 0 Å². The zero-order chi connectivity index (χ0) is 22.6. The van der Waals surface area contributed by atoms with E-state index >= 15 is 0 Å². The number of fused-ring (bicyclic) bond motifs is 1. The fraction of sp³-hybridized carbons (Fsp3) is 0.345. The summed E-state index contributed by atoms with van der Waals surface area (Å²) in [7, 11) is 0. The minimum atomic E-state index is -0.901. The van der Waals surface area contributed by atoms with Crippen LogP contribution in [0.3, 0.4) is 0 Å². The first-order valence-electron chi connectivity index (χ1n) is 11.2. The SMILES string of the molecule is CCC(C)(/C=C\C1=CCC(C)(C)c2ccc(/C=C/c3ccc(C(=O)O)cc3)cc21)CC. The molecule has 0 aliphatic heterocycles. The molecule has 0 atom stereocenters. The molecule has 2 aromatic carbocycles. The van der Waals surface area contributed by atoms with Gasteiger partial charge in [-0.25, -0.2) is 4.79 Å². The lowest BCUT2D eigenvalue weighted by Gasteiger charge is -2.32. The molecule has 0 bridgehead atoms. The van der Waals surface area contributed by atoms with Crippen LogP contribution in [0.1, 0.15) is 86.5 Å². The number of benzene rings is 2. The summed E-state index contributed by atoms with van der Waals surface area (Å²) in [4.78, 5) is 11.0. The van der Waals surface area contributed by atoms with Crippen LogP contribution in [0.15, 0.2) is 60.7 Å². The Bertz CT molecular complexity index is 1030. The van der Waals surface area contributed by atoms with Crippen LogP contribution in [0, 0.1) is 5.41 Å². The van der Waals surface area contributed by atoms with Crippen LogP contribution in [-0.2, 0) is 5.41 Å². The average Bonchev–Trinajstić information content (AvgIpc) is 2.77. The Labute approximate surface area is 187 Å². The van der Waals surface area contributed by atoms with Gasteiger partial charge in [-0.15, -0.1) is 0 Å². The van der Waals surface area contributed by atoms with Gasteiger partial charge in [-0.2, -0.15) is 0 Å². The van der Waals surface area contributed by atoms with Crippen molar-refractivity contribution in [1.82, 2.24) is 0 Å². The topological polar surface area (TPSA) is 37.3 Å². The Kier molecular flexibility index (Phi) is 6.69. The van der Waals surface area contributed by atoms with E-state index in [4.69, 9.17) is 5.11 Å². The van der Waals surface area contributed by atoms with Crippen LogP contribution in [-0.4, -0.2) is 11.1 Å². The molecule has 0 aromatic heterocycles. The highest BCUT2D eigenvalue weighted by molar-refractivity contribution is 5.88. The minimum absolute atomic E-state index is 0.125. The summed E-state index contributed by atoms with van der Waals surface area (Å²) in [5.41, 5.74) is 6.81. The van der Waals surface area contributed by atoms with Gasteiger partial charge in [0.05, 0.1) is 5.56 Å². The molecule has 0 amide bonds. The number of carbonyl (C=O) groups is 1. The molecule has 0 radical (unpaired) electrons. The van der Waals surface area contributed by atoms with Gasteiger partial charge in [-0.05, 0) is 76.1 Å². The van der Waals surface area contributed by atoms with Gasteiger partial charge in [0.25, 0.3) is 0 Å². The zero-order valence-electron chi connectivity index (χ0n) is 19.4. The molecular weight excluding hydrogens is 380 g/mol. The molecule has 31 heavy (non-hydrogen) atoms. The van der Waals surface area contributed by atoms with Crippen molar-refractivity contribution in [3.63, 3.8) is 0 Å². The first kappa shape index (κ1) is 22.8. The maximum atomic E-state index is 11.0. The summed E-state index contributed by atoms with van der Waals surface area (Å²) >= 11 is 0. The van der Waals surface area contributed by atoms with Crippen LogP contribution in [0.2, 0.25) is 0 Å². The minimum Gasteiger partial charge on any atom is -0.478 e. The Hall–Kier alpha value is -2.87. The molecule has 1 N–H and O–H groups in total. The smallest absolute Gasteiger partial charge is 0.335 e. The number of aromatic carboxylic acids is 1. The van der Waals surface area contributed by atoms with Gasteiger partial charge in [0, 0.05) is 0 Å². The number of hydrogen-bond donors (Lipinski definition) is 1. The van der Waals surface area contributed by atoms with Crippen LogP contribution < -0.4 is 0 Å². The van der Waals surface area contributed by atoms with Crippen LogP contribution in [0.25, 0.3) is 17.7 Å². The summed E-state index contributed by atoms with van der Waals surface area (Å²) in [5.74, 6) is -0.901. The lowest BCUT2D eigenvalue weighted by Crippen LogP contribution is -2.21. The maximum Gasteiger partial charge on any atom is 0.335 e. The summed E-state index contributed by atoms with van der Waals surface area (Å²) in [6.45, 7) is 11.5. The second-order valence-electron chi connectivity index (χ2n) is 9.51. The number of hydrogen-bond acceptors (Lipinski definition) is 1. The number of allylic oxidation sites excluding steroid dienone is 4. The molecule has 3 rings (SSSR count). The van der Waals surface area contributed by atoms with Crippen molar-refractivity contribution in [1.29, 1.82) is 0 Å². The fourth-order valence-corrected chi connectivity index (χ4v) is 3.94. The average molecular weight is 415 g/mol. The standard InChI is InChI=1S/C29H34O2/c1-6-29(5,7-2)19-17-23-16-18-28(3,4)26-15-12-22(20-25(23)26)9-8-21-10-13-24(14-11-21)27(30)31/h8-17,19-20H,6-7,18H2,1-5H3,(H,30,31)/b9-8+,19-17-. The summed E-state index contributed by atoms with van der Waals surface area (Å²) in [6, 6.07) is 13.7. The second-order valence-corrected chi connectivity index (χ2v) is 9.51. The monoisotopic (exact) mass is 414 g/mol. The van der Waals surface area contributed by atoms with Gasteiger partial charge in [-0.1, -0.05) is 89.3 Å². The maximum absolute atomic E-state index is 11.0. The lowest BCUT2D eigenvalue weighted by atomic mass is 9.72. The normalized spacial score (nSPS) is 15.8. The Morgan fingerprint density at radius 2 is 1.61 bits per heavy atom. The summed E-state index contributed by atoms with van der Waals surface area (Å²) < 4.78 is 0. The number of carboxylic acid groups (broad SMARTS) is 1. The van der Waals surface area contributed by atoms with Crippen molar-refractivity contribution < 1.29 is 9.90 Å². The van der Waals surface area contributed by atoms with Gasteiger partial charge in [0.15, 0.2) is 0 Å². The Morgan fingerprint density at radius 3 is 2.23 bits per heavy atom. The van der Waals surface area contributed by atoms with E-state index in [-0.39, 0.29) is 10.8 Å². The van der Waals surface area contributed by atoms with Crippen molar-refractivity contribution in [3.8, 4) is 0 Å². The third-order valence-corrected chi connectivity index (χ3v) is 6.82. The van der Waals surface area contributed by atoms with E-state index < -0.39 is 5.97 Å². The molecule has 0 heterocycles. The van der Waals surface area contributed by atoms with Gasteiger partial charge >= 0.3 is 5.97 Å². The predicted octanol–water partition coefficient (Wildman–Crippen LogP) is 8.00. The van der Waals surface area contributed by atoms with Crippen molar-refractivity contribution in [2.45, 2.75) is 59.3 Å². The van der Waals surface area contributed by atoms with Gasteiger partial charge in [0.1, 0.15) is 0 Å². The van der Waals surface area contributed by atoms with E-state index in [1.54, 1.807) is 12.1 Å². The van der Waals surface area contributed by atoms with E-state index in [2.05, 4.69) is 77.1 Å². The fourth-order valence-electron chi connectivity index (χ4n) is 3.94. The quantitative estimate of drug-likeness (QED) is 0.466. The van der Waals surface area contributed by atoms with Crippen LogP contribution in [0.4, 0.5) is 0 Å². The molecule has 2 heteroatoms. The van der Waals surface area contributed by atoms with E-state index in [9.17, 15) is 4.79 Å². The molecule has 162 valence electrons. The van der Waals surface area contributed by atoms with Gasteiger partial charge in [-0.3, -0.25) is 0 Å². The molecule has 0 saturated carbocycles. The first-order chi connectivity index (χ1) is 14.7. The number of rotatable bonds is 7. The first-order valence-corrected chi connectivity index (χ1v) is 11.2. The van der Waals surface area contributed by atoms with Crippen molar-refractivity contribution in [3.05, 3.63) is 88.5 Å². The highest BCUT2D eigenvalue weighted by Crippen LogP contribution is 2.40. The van der Waals surface area contributed by atoms with Crippen LogP contribution >= 0.6 is 0 Å². The Balaban J connectivity index is 1.92. The molecule has 2 nitrogen and oxygen atoms in total. The summed E-state index contributed by atoms with van der Waals surface area (Å²) in [5, 5.41) is 9.06.